The zero-order valence-corrected chi connectivity index (χ0v) is 19.4. The first-order valence-corrected chi connectivity index (χ1v) is 10.9. The second-order valence-electron chi connectivity index (χ2n) is 8.82. The van der Waals surface area contributed by atoms with Crippen molar-refractivity contribution in [1.82, 2.24) is 0 Å². The van der Waals surface area contributed by atoms with Crippen LogP contribution in [0.4, 0.5) is 0 Å². The second-order valence-corrected chi connectivity index (χ2v) is 8.82. The van der Waals surface area contributed by atoms with Crippen LogP contribution in [0.2, 0.25) is 0 Å². The van der Waals surface area contributed by atoms with Crippen LogP contribution in [-0.4, -0.2) is 18.4 Å². The molecule has 0 amide bonds. The van der Waals surface area contributed by atoms with Crippen molar-refractivity contribution in [3.8, 4) is 0 Å². The van der Waals surface area contributed by atoms with Crippen molar-refractivity contribution in [1.29, 1.82) is 0 Å². The molecule has 3 heteroatoms. The summed E-state index contributed by atoms with van der Waals surface area (Å²) in [5.74, 6) is -0.735. The average Bonchev–Trinajstić information content (AvgIpc) is 2.71. The quantitative estimate of drug-likeness (QED) is 0.199. The zero-order chi connectivity index (χ0) is 22.9. The summed E-state index contributed by atoms with van der Waals surface area (Å²) in [7, 11) is 0. The van der Waals surface area contributed by atoms with Crippen LogP contribution in [0.5, 0.6) is 0 Å². The van der Waals surface area contributed by atoms with Crippen LogP contribution < -0.4 is 0 Å². The molecule has 0 spiro atoms. The Hall–Kier alpha value is -2.94. The molecule has 0 radical (unpaired) electrons. The molecule has 0 atom stereocenters. The highest BCUT2D eigenvalue weighted by molar-refractivity contribution is 5.98. The van der Waals surface area contributed by atoms with Crippen molar-refractivity contribution < 1.29 is 14.3 Å². The lowest BCUT2D eigenvalue weighted by Crippen LogP contribution is -2.19. The molecule has 0 saturated heterocycles. The maximum Gasteiger partial charge on any atom is 0.331 e. The van der Waals surface area contributed by atoms with Crippen LogP contribution in [-0.2, 0) is 9.53 Å². The molecule has 0 aromatic heterocycles. The Labute approximate surface area is 186 Å². The summed E-state index contributed by atoms with van der Waals surface area (Å²) in [6.45, 7) is 10.5. The molecular formula is C28H34O3. The van der Waals surface area contributed by atoms with Crippen LogP contribution in [0.15, 0.2) is 89.1 Å². The van der Waals surface area contributed by atoms with E-state index in [-0.39, 0.29) is 17.8 Å². The Balaban J connectivity index is 1.89. The van der Waals surface area contributed by atoms with Crippen LogP contribution in [0, 0.1) is 5.41 Å². The monoisotopic (exact) mass is 418 g/mol. The lowest BCUT2D eigenvalue weighted by Gasteiger charge is -2.32. The molecule has 1 aliphatic rings. The second kappa shape index (κ2) is 11.5. The fourth-order valence-corrected chi connectivity index (χ4v) is 3.75. The minimum absolute atomic E-state index is 0.215. The Morgan fingerprint density at radius 3 is 2.45 bits per heavy atom. The molecule has 1 aromatic rings. The Morgan fingerprint density at radius 2 is 1.77 bits per heavy atom. The third kappa shape index (κ3) is 8.01. The number of Topliss-reactive ketones (excluding diaryl/α,β-unsaturated/α-hetero) is 1. The predicted molar refractivity (Wildman–Crippen MR) is 128 cm³/mol. The van der Waals surface area contributed by atoms with E-state index >= 15 is 0 Å². The van der Waals surface area contributed by atoms with Gasteiger partial charge in [-0.25, -0.2) is 4.79 Å². The first-order valence-electron chi connectivity index (χ1n) is 10.9. The minimum atomic E-state index is -0.519. The summed E-state index contributed by atoms with van der Waals surface area (Å²) in [6, 6.07) is 8.81. The van der Waals surface area contributed by atoms with E-state index in [1.54, 1.807) is 24.3 Å². The first-order chi connectivity index (χ1) is 14.7. The van der Waals surface area contributed by atoms with Crippen molar-refractivity contribution in [3.63, 3.8) is 0 Å². The molecule has 0 bridgehead atoms. The summed E-state index contributed by atoms with van der Waals surface area (Å²) in [4.78, 5) is 23.9. The van der Waals surface area contributed by atoms with Gasteiger partial charge in [0.1, 0.15) is 0 Å². The number of ether oxygens (including phenoxy) is 1. The molecule has 1 aromatic carbocycles. The van der Waals surface area contributed by atoms with Crippen LogP contribution in [0.3, 0.4) is 0 Å². The summed E-state index contributed by atoms with van der Waals surface area (Å²) < 4.78 is 5.06. The van der Waals surface area contributed by atoms with E-state index in [0.717, 1.165) is 11.1 Å². The lowest BCUT2D eigenvalue weighted by atomic mass is 9.72. The molecule has 0 N–H and O–H groups in total. The number of ketones is 1. The Bertz CT molecular complexity index is 938. The molecule has 0 heterocycles. The van der Waals surface area contributed by atoms with E-state index in [0.29, 0.717) is 5.56 Å². The van der Waals surface area contributed by atoms with E-state index in [1.165, 1.54) is 36.5 Å². The Morgan fingerprint density at radius 1 is 1.06 bits per heavy atom. The van der Waals surface area contributed by atoms with Gasteiger partial charge >= 0.3 is 5.97 Å². The summed E-state index contributed by atoms with van der Waals surface area (Å²) in [5.41, 5.74) is 5.60. The van der Waals surface area contributed by atoms with Gasteiger partial charge in [0, 0.05) is 11.6 Å². The topological polar surface area (TPSA) is 43.4 Å². The van der Waals surface area contributed by atoms with Crippen LogP contribution in [0.1, 0.15) is 64.2 Å². The van der Waals surface area contributed by atoms with Crippen LogP contribution in [0.25, 0.3) is 0 Å². The average molecular weight is 419 g/mol. The van der Waals surface area contributed by atoms with Crippen molar-refractivity contribution in [2.75, 3.05) is 6.61 Å². The molecule has 1 aliphatic carbocycles. The molecule has 164 valence electrons. The van der Waals surface area contributed by atoms with Gasteiger partial charge in [-0.3, -0.25) is 4.79 Å². The van der Waals surface area contributed by atoms with Gasteiger partial charge in [-0.05, 0) is 56.6 Å². The smallest absolute Gasteiger partial charge is 0.331 e. The molecule has 0 saturated carbocycles. The highest BCUT2D eigenvalue weighted by Crippen LogP contribution is 2.40. The largest absolute Gasteiger partial charge is 0.454 e. The van der Waals surface area contributed by atoms with Gasteiger partial charge in [0.15, 0.2) is 12.4 Å². The molecule has 0 fully saturated rings. The normalized spacial score (nSPS) is 17.5. The number of esters is 1. The van der Waals surface area contributed by atoms with E-state index < -0.39 is 5.97 Å². The molecule has 0 unspecified atom stereocenters. The maximum absolute atomic E-state index is 12.0. The molecule has 3 nitrogen and oxygen atoms in total. The van der Waals surface area contributed by atoms with Gasteiger partial charge in [0.05, 0.1) is 0 Å². The SMILES string of the molecule is CC1=C(/C=C/C(C)=C/C=C/C(C)=C/C(=O)OCC(=O)c2ccccc2)C(C)(C)CCC1. The predicted octanol–water partition coefficient (Wildman–Crippen LogP) is 6.94. The van der Waals surface area contributed by atoms with E-state index in [1.807, 2.05) is 31.2 Å². The van der Waals surface area contributed by atoms with E-state index in [2.05, 4.69) is 39.8 Å². The molecule has 2 rings (SSSR count). The molecule has 0 aliphatic heterocycles. The Kier molecular flexibility index (Phi) is 8.99. The number of benzene rings is 1. The zero-order valence-electron chi connectivity index (χ0n) is 19.4. The minimum Gasteiger partial charge on any atom is -0.454 e. The van der Waals surface area contributed by atoms with Crippen molar-refractivity contribution in [3.05, 3.63) is 94.6 Å². The molecule has 31 heavy (non-hydrogen) atoms. The number of hydrogen-bond donors (Lipinski definition) is 0. The van der Waals surface area contributed by atoms with Gasteiger partial charge in [0.25, 0.3) is 0 Å². The van der Waals surface area contributed by atoms with Gasteiger partial charge in [-0.2, -0.15) is 0 Å². The lowest BCUT2D eigenvalue weighted by molar-refractivity contribution is -0.136. The third-order valence-corrected chi connectivity index (χ3v) is 5.56. The number of hydrogen-bond acceptors (Lipinski definition) is 3. The highest BCUT2D eigenvalue weighted by Gasteiger charge is 2.26. The van der Waals surface area contributed by atoms with Gasteiger partial charge in [-0.1, -0.05) is 85.7 Å². The van der Waals surface area contributed by atoms with E-state index in [9.17, 15) is 9.59 Å². The summed E-state index contributed by atoms with van der Waals surface area (Å²) in [5, 5.41) is 0. The number of carbonyl (C=O) groups is 2. The van der Waals surface area contributed by atoms with Gasteiger partial charge < -0.3 is 4.74 Å². The highest BCUT2D eigenvalue weighted by atomic mass is 16.5. The maximum atomic E-state index is 12.0. The van der Waals surface area contributed by atoms with Crippen molar-refractivity contribution in [2.45, 2.75) is 53.9 Å². The summed E-state index contributed by atoms with van der Waals surface area (Å²) >= 11 is 0. The van der Waals surface area contributed by atoms with Gasteiger partial charge in [0.2, 0.25) is 0 Å². The number of carbonyl (C=O) groups excluding carboxylic acids is 2. The van der Waals surface area contributed by atoms with E-state index in [4.69, 9.17) is 4.74 Å². The third-order valence-electron chi connectivity index (χ3n) is 5.56. The van der Waals surface area contributed by atoms with Crippen molar-refractivity contribution >= 4 is 11.8 Å². The van der Waals surface area contributed by atoms with Crippen molar-refractivity contribution in [2.24, 2.45) is 5.41 Å². The molecular weight excluding hydrogens is 384 g/mol. The summed E-state index contributed by atoms with van der Waals surface area (Å²) in [6.07, 6.45) is 15.3. The van der Waals surface area contributed by atoms with Gasteiger partial charge in [-0.15, -0.1) is 0 Å². The van der Waals surface area contributed by atoms with Crippen LogP contribution >= 0.6 is 0 Å². The fourth-order valence-electron chi connectivity index (χ4n) is 3.75. The standard InChI is InChI=1S/C28H34O3/c1-21(16-17-25-23(3)13-10-18-28(25,4)5)11-9-12-22(2)19-27(30)31-20-26(29)24-14-7-6-8-15-24/h6-9,11-12,14-17,19H,10,13,18,20H2,1-5H3/b12-9+,17-16+,21-11+,22-19+. The number of allylic oxidation sites excluding steroid dienone is 9. The number of rotatable bonds is 8. The fraction of sp³-hybridized carbons (Fsp3) is 0.357. The first kappa shape index (κ1) is 24.3.